The van der Waals surface area contributed by atoms with Gasteiger partial charge in [0.2, 0.25) is 5.91 Å². The minimum absolute atomic E-state index is 0.148. The molecule has 2 N–H and O–H groups in total. The molecule has 5 nitrogen and oxygen atoms in total. The summed E-state index contributed by atoms with van der Waals surface area (Å²) in [5.41, 5.74) is 3.08. The number of H-pyrrole nitrogens is 1. The molecule has 4 rings (SSSR count). The van der Waals surface area contributed by atoms with Crippen molar-refractivity contribution in [1.82, 2.24) is 15.3 Å². The number of aromatic nitrogens is 2. The van der Waals surface area contributed by atoms with Crippen LogP contribution in [-0.2, 0) is 4.79 Å². The molecule has 1 amide bonds. The summed E-state index contributed by atoms with van der Waals surface area (Å²) >= 11 is 1.35. The summed E-state index contributed by atoms with van der Waals surface area (Å²) in [4.78, 5) is 20.6. The molecule has 0 aliphatic heterocycles. The second-order valence-electron chi connectivity index (χ2n) is 7.42. The molecule has 1 unspecified atom stereocenters. The van der Waals surface area contributed by atoms with Crippen LogP contribution in [0.5, 0.6) is 0 Å². The smallest absolute Gasteiger partial charge is 0.231 e. The first-order valence-electron chi connectivity index (χ1n) is 9.65. The third-order valence-corrected chi connectivity index (χ3v) is 6.03. The Labute approximate surface area is 174 Å². The number of aromatic amines is 1. The first-order valence-corrected chi connectivity index (χ1v) is 10.6. The standard InChI is InChI=1S/C23H22N4OS/c1-23(15-24,18-12-13-18)27-19(28)14-29-22-25-20(16-8-4-2-5-9-16)21(26-22)17-10-6-3-7-11-17/h2-11,18H,12-14H2,1H3,(H,25,26)(H,27,28). The van der Waals surface area contributed by atoms with Gasteiger partial charge in [-0.1, -0.05) is 72.4 Å². The van der Waals surface area contributed by atoms with Gasteiger partial charge in [-0.2, -0.15) is 5.26 Å². The van der Waals surface area contributed by atoms with Gasteiger partial charge in [-0.15, -0.1) is 0 Å². The maximum absolute atomic E-state index is 12.4. The van der Waals surface area contributed by atoms with E-state index < -0.39 is 5.54 Å². The van der Waals surface area contributed by atoms with Crippen LogP contribution in [0, 0.1) is 17.2 Å². The highest BCUT2D eigenvalue weighted by Gasteiger charge is 2.42. The SMILES string of the molecule is CC(C#N)(NC(=O)CSc1nc(-c2ccccc2)c(-c2ccccc2)[nH]1)C1CC1. The van der Waals surface area contributed by atoms with E-state index in [0.717, 1.165) is 35.4 Å². The predicted molar refractivity (Wildman–Crippen MR) is 115 cm³/mol. The fraction of sp³-hybridized carbons (Fsp3) is 0.261. The number of amides is 1. The number of carbonyl (C=O) groups is 1. The molecule has 29 heavy (non-hydrogen) atoms. The highest BCUT2D eigenvalue weighted by molar-refractivity contribution is 7.99. The largest absolute Gasteiger partial charge is 0.337 e. The number of hydrogen-bond acceptors (Lipinski definition) is 4. The number of hydrogen-bond donors (Lipinski definition) is 2. The summed E-state index contributed by atoms with van der Waals surface area (Å²) in [6, 6.07) is 22.3. The first-order chi connectivity index (χ1) is 14.1. The number of nitriles is 1. The molecule has 1 heterocycles. The molecule has 0 saturated heterocycles. The van der Waals surface area contributed by atoms with Crippen molar-refractivity contribution in [3.05, 3.63) is 60.7 Å². The van der Waals surface area contributed by atoms with Gasteiger partial charge >= 0.3 is 0 Å². The number of benzene rings is 2. The van der Waals surface area contributed by atoms with Crippen molar-refractivity contribution in [1.29, 1.82) is 5.26 Å². The molecule has 1 atom stereocenters. The van der Waals surface area contributed by atoms with Crippen LogP contribution in [-0.4, -0.2) is 27.2 Å². The van der Waals surface area contributed by atoms with Crippen LogP contribution < -0.4 is 5.32 Å². The zero-order chi connectivity index (χ0) is 20.3. The zero-order valence-electron chi connectivity index (χ0n) is 16.2. The highest BCUT2D eigenvalue weighted by atomic mass is 32.2. The number of rotatable bonds is 7. The van der Waals surface area contributed by atoms with Gasteiger partial charge in [0, 0.05) is 11.1 Å². The Balaban J connectivity index is 1.53. The Bertz CT molecular complexity index is 981. The average Bonchev–Trinajstić information content (AvgIpc) is 3.54. The minimum Gasteiger partial charge on any atom is -0.337 e. The molecule has 1 saturated carbocycles. The Hall–Kier alpha value is -3.04. The third kappa shape index (κ3) is 4.36. The fourth-order valence-electron chi connectivity index (χ4n) is 3.38. The Morgan fingerprint density at radius 1 is 1.17 bits per heavy atom. The maximum Gasteiger partial charge on any atom is 0.231 e. The molecule has 1 fully saturated rings. The van der Waals surface area contributed by atoms with Gasteiger partial charge in [-0.05, 0) is 25.7 Å². The molecule has 1 aliphatic carbocycles. The second-order valence-corrected chi connectivity index (χ2v) is 8.39. The van der Waals surface area contributed by atoms with Crippen LogP contribution in [0.2, 0.25) is 0 Å². The molecule has 3 aromatic rings. The third-order valence-electron chi connectivity index (χ3n) is 5.16. The summed E-state index contributed by atoms with van der Waals surface area (Å²) in [7, 11) is 0. The van der Waals surface area contributed by atoms with Gasteiger partial charge in [0.05, 0.1) is 23.2 Å². The van der Waals surface area contributed by atoms with E-state index in [-0.39, 0.29) is 17.6 Å². The average molecular weight is 403 g/mol. The lowest BCUT2D eigenvalue weighted by Gasteiger charge is -2.22. The van der Waals surface area contributed by atoms with E-state index in [0.29, 0.717) is 5.16 Å². The molecular formula is C23H22N4OS. The molecule has 1 aliphatic rings. The van der Waals surface area contributed by atoms with E-state index in [2.05, 4.69) is 16.4 Å². The van der Waals surface area contributed by atoms with Crippen LogP contribution in [0.25, 0.3) is 22.5 Å². The quantitative estimate of drug-likeness (QED) is 0.564. The lowest BCUT2D eigenvalue weighted by molar-refractivity contribution is -0.119. The van der Waals surface area contributed by atoms with Crippen molar-refractivity contribution in [2.24, 2.45) is 5.92 Å². The van der Waals surface area contributed by atoms with Gasteiger partial charge in [-0.25, -0.2) is 4.98 Å². The van der Waals surface area contributed by atoms with Gasteiger partial charge in [0.15, 0.2) is 5.16 Å². The number of imidazole rings is 1. The molecule has 1 aromatic heterocycles. The number of nitrogens with one attached hydrogen (secondary N) is 2. The van der Waals surface area contributed by atoms with Crippen molar-refractivity contribution in [2.75, 3.05) is 5.75 Å². The summed E-state index contributed by atoms with van der Waals surface area (Å²) in [5.74, 6) is 0.323. The lowest BCUT2D eigenvalue weighted by Crippen LogP contribution is -2.47. The Kier molecular flexibility index (Phi) is 5.41. The van der Waals surface area contributed by atoms with Gasteiger partial charge < -0.3 is 10.3 Å². The van der Waals surface area contributed by atoms with E-state index in [1.54, 1.807) is 6.92 Å². The number of thioether (sulfide) groups is 1. The van der Waals surface area contributed by atoms with E-state index >= 15 is 0 Å². The van der Waals surface area contributed by atoms with Gasteiger partial charge in [0.25, 0.3) is 0 Å². The highest BCUT2D eigenvalue weighted by Crippen LogP contribution is 2.39. The minimum atomic E-state index is -0.773. The van der Waals surface area contributed by atoms with Crippen molar-refractivity contribution in [2.45, 2.75) is 30.5 Å². The van der Waals surface area contributed by atoms with Crippen LogP contribution in [0.15, 0.2) is 65.8 Å². The predicted octanol–water partition coefficient (Wildman–Crippen LogP) is 4.64. The van der Waals surface area contributed by atoms with E-state index in [9.17, 15) is 10.1 Å². The van der Waals surface area contributed by atoms with E-state index in [1.165, 1.54) is 11.8 Å². The molecular weight excluding hydrogens is 380 g/mol. The van der Waals surface area contributed by atoms with E-state index in [4.69, 9.17) is 4.98 Å². The van der Waals surface area contributed by atoms with Crippen molar-refractivity contribution >= 4 is 17.7 Å². The van der Waals surface area contributed by atoms with Crippen molar-refractivity contribution in [3.8, 4) is 28.6 Å². The van der Waals surface area contributed by atoms with Crippen LogP contribution in [0.4, 0.5) is 0 Å². The van der Waals surface area contributed by atoms with Gasteiger partial charge in [0.1, 0.15) is 5.54 Å². The van der Waals surface area contributed by atoms with Gasteiger partial charge in [-0.3, -0.25) is 4.79 Å². The molecule has 2 aromatic carbocycles. The Morgan fingerprint density at radius 3 is 2.38 bits per heavy atom. The van der Waals surface area contributed by atoms with Crippen LogP contribution >= 0.6 is 11.8 Å². The summed E-state index contributed by atoms with van der Waals surface area (Å²) < 4.78 is 0. The lowest BCUT2D eigenvalue weighted by atomic mass is 9.98. The molecule has 0 radical (unpaired) electrons. The van der Waals surface area contributed by atoms with Crippen LogP contribution in [0.1, 0.15) is 19.8 Å². The van der Waals surface area contributed by atoms with Crippen molar-refractivity contribution < 1.29 is 4.79 Å². The zero-order valence-corrected chi connectivity index (χ0v) is 17.0. The molecule has 0 spiro atoms. The summed E-state index contributed by atoms with van der Waals surface area (Å²) in [6.07, 6.45) is 1.99. The van der Waals surface area contributed by atoms with E-state index in [1.807, 2.05) is 60.7 Å². The number of nitrogens with zero attached hydrogens (tertiary/aromatic N) is 2. The summed E-state index contributed by atoms with van der Waals surface area (Å²) in [6.45, 7) is 1.81. The molecule has 6 heteroatoms. The summed E-state index contributed by atoms with van der Waals surface area (Å²) in [5, 5.41) is 13.0. The molecule has 146 valence electrons. The monoisotopic (exact) mass is 402 g/mol. The molecule has 0 bridgehead atoms. The van der Waals surface area contributed by atoms with Crippen LogP contribution in [0.3, 0.4) is 0 Å². The maximum atomic E-state index is 12.4. The normalized spacial score (nSPS) is 15.3. The topological polar surface area (TPSA) is 81.6 Å². The second kappa shape index (κ2) is 8.14. The van der Waals surface area contributed by atoms with Crippen molar-refractivity contribution in [3.63, 3.8) is 0 Å². The first kappa shape index (κ1) is 19.3. The fourth-order valence-corrected chi connectivity index (χ4v) is 4.05. The number of carbonyl (C=O) groups excluding carboxylic acids is 1. The Morgan fingerprint density at radius 2 is 1.79 bits per heavy atom.